The van der Waals surface area contributed by atoms with E-state index in [-0.39, 0.29) is 0 Å². The Balaban J connectivity index is 2.17. The van der Waals surface area contributed by atoms with Crippen molar-refractivity contribution >= 4 is 24.4 Å². The molecule has 0 amide bonds. The summed E-state index contributed by atoms with van der Waals surface area (Å²) in [6.45, 7) is 6.16. The van der Waals surface area contributed by atoms with Gasteiger partial charge in [-0.1, -0.05) is 0 Å². The van der Waals surface area contributed by atoms with E-state index in [1.54, 1.807) is 0 Å². The molecular formula is C22H23O2P. The van der Waals surface area contributed by atoms with E-state index in [1.165, 1.54) is 10.6 Å². The van der Waals surface area contributed by atoms with Gasteiger partial charge < -0.3 is 0 Å². The van der Waals surface area contributed by atoms with Crippen LogP contribution in [0.15, 0.2) is 72.8 Å². The number of benzene rings is 3. The van der Waals surface area contributed by atoms with Gasteiger partial charge in [0.2, 0.25) is 0 Å². The fourth-order valence-corrected chi connectivity index (χ4v) is 6.03. The number of rotatable bonds is 5. The van der Waals surface area contributed by atoms with Crippen molar-refractivity contribution in [2.75, 3.05) is 6.66 Å². The van der Waals surface area contributed by atoms with Crippen molar-refractivity contribution in [3.63, 3.8) is 0 Å². The Kier molecular flexibility index (Phi) is 5.01. The Morgan fingerprint density at radius 1 is 0.840 bits per heavy atom. The molecule has 0 aliphatic rings. The molecule has 0 aliphatic carbocycles. The van der Waals surface area contributed by atoms with Crippen LogP contribution in [0.25, 0.3) is 0 Å². The van der Waals surface area contributed by atoms with Crippen LogP contribution in [0.3, 0.4) is 0 Å². The average Bonchev–Trinajstić information content (AvgIpc) is 2.63. The van der Waals surface area contributed by atoms with Gasteiger partial charge >= 0.3 is 149 Å². The Hall–Kier alpha value is -2.44. The average molecular weight is 350 g/mol. The van der Waals surface area contributed by atoms with Gasteiger partial charge in [0.15, 0.2) is 0 Å². The third kappa shape index (κ3) is 3.50. The molecule has 128 valence electrons. The van der Waals surface area contributed by atoms with Gasteiger partial charge in [0.25, 0.3) is 0 Å². The molecule has 3 aromatic rings. The minimum atomic E-state index is -2.49. The number of hydrogen-bond acceptors (Lipinski definition) is 2. The van der Waals surface area contributed by atoms with Crippen molar-refractivity contribution in [2.24, 2.45) is 0 Å². The fraction of sp³-hybridized carbons (Fsp3) is 0.136. The molecule has 0 aliphatic heterocycles. The molecule has 0 fully saturated rings. The standard InChI is InChI=1S/C22H23O2P/c1-17-14-18(2)21(16-23)22(15-17)24-25(3,19-10-6-4-7-11-19)20-12-8-5-9-13-20/h4-16,25H,1-3H3. The first-order valence-electron chi connectivity index (χ1n) is 8.41. The molecule has 0 spiro atoms. The third-order valence-corrected chi connectivity index (χ3v) is 8.07. The Bertz CT molecular complexity index is 834. The predicted octanol–water partition coefficient (Wildman–Crippen LogP) is 4.44. The van der Waals surface area contributed by atoms with Crippen LogP contribution < -0.4 is 15.1 Å². The van der Waals surface area contributed by atoms with Crippen LogP contribution >= 0.6 is 7.49 Å². The van der Waals surface area contributed by atoms with Crippen LogP contribution in [0.5, 0.6) is 5.75 Å². The number of carbonyl (C=O) groups is 1. The van der Waals surface area contributed by atoms with Gasteiger partial charge in [0.05, 0.1) is 0 Å². The van der Waals surface area contributed by atoms with Crippen molar-refractivity contribution in [1.82, 2.24) is 0 Å². The van der Waals surface area contributed by atoms with Gasteiger partial charge in [-0.2, -0.15) is 0 Å². The molecule has 25 heavy (non-hydrogen) atoms. The molecule has 0 unspecified atom stereocenters. The van der Waals surface area contributed by atoms with Crippen LogP contribution in [0.2, 0.25) is 0 Å². The summed E-state index contributed by atoms with van der Waals surface area (Å²) >= 11 is 0. The minimum absolute atomic E-state index is 0.635. The van der Waals surface area contributed by atoms with E-state index in [0.29, 0.717) is 11.3 Å². The van der Waals surface area contributed by atoms with E-state index in [0.717, 1.165) is 17.4 Å². The molecule has 3 aromatic carbocycles. The van der Waals surface area contributed by atoms with E-state index in [9.17, 15) is 4.79 Å². The zero-order chi connectivity index (χ0) is 17.9. The Labute approximate surface area is 149 Å². The van der Waals surface area contributed by atoms with Gasteiger partial charge in [-0.25, -0.2) is 0 Å². The van der Waals surface area contributed by atoms with Crippen molar-refractivity contribution in [3.8, 4) is 5.75 Å². The summed E-state index contributed by atoms with van der Waals surface area (Å²) in [5.74, 6) is 0.675. The Morgan fingerprint density at radius 3 is 1.84 bits per heavy atom. The molecule has 0 atom stereocenters. The first-order chi connectivity index (χ1) is 12.0. The summed E-state index contributed by atoms with van der Waals surface area (Å²) < 4.78 is 6.67. The van der Waals surface area contributed by atoms with Crippen molar-refractivity contribution in [2.45, 2.75) is 13.8 Å². The first-order valence-corrected chi connectivity index (χ1v) is 10.8. The summed E-state index contributed by atoms with van der Waals surface area (Å²) in [4.78, 5) is 11.7. The molecule has 0 bridgehead atoms. The summed E-state index contributed by atoms with van der Waals surface area (Å²) in [6, 6.07) is 24.6. The molecule has 0 saturated heterocycles. The number of aryl methyl sites for hydroxylation is 2. The number of aldehydes is 1. The van der Waals surface area contributed by atoms with E-state index < -0.39 is 7.49 Å². The van der Waals surface area contributed by atoms with Gasteiger partial charge in [-0.3, -0.25) is 0 Å². The molecule has 2 nitrogen and oxygen atoms in total. The maximum absolute atomic E-state index is 11.7. The number of carbonyl (C=O) groups excluding carboxylic acids is 1. The molecule has 0 radical (unpaired) electrons. The van der Waals surface area contributed by atoms with Gasteiger partial charge in [-0.15, -0.1) is 0 Å². The normalized spacial score (nSPS) is 11.8. The zero-order valence-corrected chi connectivity index (χ0v) is 15.8. The van der Waals surface area contributed by atoms with Crippen LogP contribution in [0, 0.1) is 13.8 Å². The first kappa shape index (κ1) is 17.4. The monoisotopic (exact) mass is 350 g/mol. The zero-order valence-electron chi connectivity index (χ0n) is 14.8. The van der Waals surface area contributed by atoms with Crippen LogP contribution in [-0.2, 0) is 0 Å². The second-order valence-electron chi connectivity index (χ2n) is 6.48. The molecule has 3 rings (SSSR count). The summed E-state index contributed by atoms with van der Waals surface area (Å²) in [6.07, 6.45) is 0.898. The van der Waals surface area contributed by atoms with E-state index >= 15 is 0 Å². The van der Waals surface area contributed by atoms with Gasteiger partial charge in [0, 0.05) is 0 Å². The topological polar surface area (TPSA) is 26.3 Å². The quantitative estimate of drug-likeness (QED) is 0.502. The van der Waals surface area contributed by atoms with Crippen LogP contribution in [-0.4, -0.2) is 13.0 Å². The summed E-state index contributed by atoms with van der Waals surface area (Å²) in [7, 11) is -2.49. The van der Waals surface area contributed by atoms with E-state index in [1.807, 2.05) is 62.4 Å². The van der Waals surface area contributed by atoms with Crippen LogP contribution in [0.4, 0.5) is 0 Å². The van der Waals surface area contributed by atoms with E-state index in [2.05, 4.69) is 30.9 Å². The molecule has 0 aromatic heterocycles. The molecular weight excluding hydrogens is 327 g/mol. The molecule has 0 saturated carbocycles. The van der Waals surface area contributed by atoms with E-state index in [4.69, 9.17) is 4.52 Å². The molecule has 3 heteroatoms. The molecule has 0 N–H and O–H groups in total. The predicted molar refractivity (Wildman–Crippen MR) is 108 cm³/mol. The summed E-state index contributed by atoms with van der Waals surface area (Å²) in [5, 5.41) is 2.36. The van der Waals surface area contributed by atoms with Crippen molar-refractivity contribution in [1.29, 1.82) is 0 Å². The molecule has 0 heterocycles. The third-order valence-electron chi connectivity index (χ3n) is 4.57. The second-order valence-corrected chi connectivity index (χ2v) is 9.90. The van der Waals surface area contributed by atoms with Crippen molar-refractivity contribution in [3.05, 3.63) is 89.5 Å². The van der Waals surface area contributed by atoms with Gasteiger partial charge in [-0.05, 0) is 0 Å². The second kappa shape index (κ2) is 7.21. The fourth-order valence-electron chi connectivity index (χ4n) is 3.19. The van der Waals surface area contributed by atoms with Crippen molar-refractivity contribution < 1.29 is 9.32 Å². The van der Waals surface area contributed by atoms with Crippen LogP contribution in [0.1, 0.15) is 21.5 Å². The maximum atomic E-state index is 11.7. The number of hydrogen-bond donors (Lipinski definition) is 0. The van der Waals surface area contributed by atoms with Gasteiger partial charge in [0.1, 0.15) is 0 Å². The Morgan fingerprint density at radius 2 is 1.36 bits per heavy atom. The summed E-state index contributed by atoms with van der Waals surface area (Å²) in [5.41, 5.74) is 2.68. The SMILES string of the molecule is Cc1cc(C)c(C=O)c(O[PH](C)(c2ccccc2)c2ccccc2)c1.